The van der Waals surface area contributed by atoms with Crippen molar-refractivity contribution in [2.75, 3.05) is 62.1 Å². The molecule has 0 radical (unpaired) electrons. The molecule has 6 nitrogen and oxygen atoms in total. The number of halogens is 3. The zero-order chi connectivity index (χ0) is 19.6. The average molecular weight is 381 g/mol. The van der Waals surface area contributed by atoms with Crippen LogP contribution in [0.2, 0.25) is 0 Å². The highest BCUT2D eigenvalue weighted by molar-refractivity contribution is 5.53. The minimum Gasteiger partial charge on any atom is -0.497 e. The SMILES string of the molecule is COc1cccc(N2CCN(c3nc(N(C)C)cc(C(F)(F)F)n3)CC2)c1. The molecule has 3 rings (SSSR count). The maximum absolute atomic E-state index is 13.2. The van der Waals surface area contributed by atoms with Gasteiger partial charge < -0.3 is 19.4 Å². The van der Waals surface area contributed by atoms with Crippen LogP contribution in [0.15, 0.2) is 30.3 Å². The Kier molecular flexibility index (Phi) is 5.29. The number of aromatic nitrogens is 2. The van der Waals surface area contributed by atoms with E-state index in [1.165, 1.54) is 0 Å². The van der Waals surface area contributed by atoms with Gasteiger partial charge in [-0.15, -0.1) is 0 Å². The van der Waals surface area contributed by atoms with Gasteiger partial charge in [0.2, 0.25) is 5.95 Å². The van der Waals surface area contributed by atoms with Crippen molar-refractivity contribution in [1.29, 1.82) is 0 Å². The Hall–Kier alpha value is -2.71. The van der Waals surface area contributed by atoms with E-state index < -0.39 is 11.9 Å². The van der Waals surface area contributed by atoms with Crippen LogP contribution in [0, 0.1) is 0 Å². The second kappa shape index (κ2) is 7.50. The highest BCUT2D eigenvalue weighted by Gasteiger charge is 2.34. The van der Waals surface area contributed by atoms with Crippen molar-refractivity contribution >= 4 is 17.5 Å². The Labute approximate surface area is 156 Å². The normalized spacial score (nSPS) is 15.0. The molecule has 1 aromatic carbocycles. The van der Waals surface area contributed by atoms with Crippen LogP contribution in [0.3, 0.4) is 0 Å². The molecule has 0 aliphatic carbocycles. The lowest BCUT2D eigenvalue weighted by atomic mass is 10.2. The zero-order valence-electron chi connectivity index (χ0n) is 15.5. The van der Waals surface area contributed by atoms with E-state index in [2.05, 4.69) is 14.9 Å². The fourth-order valence-corrected chi connectivity index (χ4v) is 2.91. The summed E-state index contributed by atoms with van der Waals surface area (Å²) in [5.74, 6) is 1.12. The molecule has 2 heterocycles. The lowest BCUT2D eigenvalue weighted by Crippen LogP contribution is -2.47. The van der Waals surface area contributed by atoms with Crippen LogP contribution >= 0.6 is 0 Å². The number of hydrogen-bond acceptors (Lipinski definition) is 6. The maximum atomic E-state index is 13.2. The summed E-state index contributed by atoms with van der Waals surface area (Å²) in [6.45, 7) is 2.38. The lowest BCUT2D eigenvalue weighted by molar-refractivity contribution is -0.141. The lowest BCUT2D eigenvalue weighted by Gasteiger charge is -2.36. The Bertz CT molecular complexity index is 789. The van der Waals surface area contributed by atoms with Gasteiger partial charge in [0.25, 0.3) is 0 Å². The predicted octanol–water partition coefficient (Wildman–Crippen LogP) is 2.90. The van der Waals surface area contributed by atoms with Gasteiger partial charge in [-0.25, -0.2) is 4.98 Å². The first kappa shape index (κ1) is 19.1. The van der Waals surface area contributed by atoms with Crippen LogP contribution in [0.5, 0.6) is 5.75 Å². The van der Waals surface area contributed by atoms with Gasteiger partial charge in [0.1, 0.15) is 11.6 Å². The number of ether oxygens (including phenoxy) is 1. The molecular weight excluding hydrogens is 359 g/mol. The van der Waals surface area contributed by atoms with Crippen molar-refractivity contribution in [3.63, 3.8) is 0 Å². The van der Waals surface area contributed by atoms with Crippen molar-refractivity contribution < 1.29 is 17.9 Å². The minimum absolute atomic E-state index is 0.110. The molecule has 1 saturated heterocycles. The van der Waals surface area contributed by atoms with E-state index in [0.29, 0.717) is 26.2 Å². The summed E-state index contributed by atoms with van der Waals surface area (Å²) in [6.07, 6.45) is -4.51. The monoisotopic (exact) mass is 381 g/mol. The van der Waals surface area contributed by atoms with Gasteiger partial charge in [-0.3, -0.25) is 0 Å². The van der Waals surface area contributed by atoms with E-state index in [-0.39, 0.29) is 11.8 Å². The van der Waals surface area contributed by atoms with E-state index in [4.69, 9.17) is 4.74 Å². The second-order valence-electron chi connectivity index (χ2n) is 6.48. The number of piperazine rings is 1. The quantitative estimate of drug-likeness (QED) is 0.812. The van der Waals surface area contributed by atoms with Crippen LogP contribution in [-0.2, 0) is 6.18 Å². The largest absolute Gasteiger partial charge is 0.497 e. The third-order valence-electron chi connectivity index (χ3n) is 4.43. The Morgan fingerprint density at radius 1 is 1.00 bits per heavy atom. The summed E-state index contributed by atoms with van der Waals surface area (Å²) in [5, 5.41) is 0. The zero-order valence-corrected chi connectivity index (χ0v) is 15.5. The Morgan fingerprint density at radius 2 is 1.67 bits per heavy atom. The molecule has 9 heteroatoms. The van der Waals surface area contributed by atoms with Crippen molar-refractivity contribution in [3.8, 4) is 5.75 Å². The summed E-state index contributed by atoms with van der Waals surface area (Å²) in [7, 11) is 4.93. The summed E-state index contributed by atoms with van der Waals surface area (Å²) in [6, 6.07) is 8.69. The molecule has 0 saturated carbocycles. The number of methoxy groups -OCH3 is 1. The Balaban J connectivity index is 1.78. The van der Waals surface area contributed by atoms with Crippen molar-refractivity contribution in [3.05, 3.63) is 36.0 Å². The molecule has 0 bridgehead atoms. The predicted molar refractivity (Wildman–Crippen MR) is 98.8 cm³/mol. The van der Waals surface area contributed by atoms with E-state index in [1.807, 2.05) is 24.3 Å². The van der Waals surface area contributed by atoms with Gasteiger partial charge in [0.15, 0.2) is 5.69 Å². The summed E-state index contributed by atoms with van der Waals surface area (Å²) in [5.41, 5.74) is 0.0966. The van der Waals surface area contributed by atoms with E-state index in [1.54, 1.807) is 31.0 Å². The number of alkyl halides is 3. The van der Waals surface area contributed by atoms with Crippen molar-refractivity contribution in [2.24, 2.45) is 0 Å². The minimum atomic E-state index is -4.51. The molecule has 0 spiro atoms. The number of nitrogens with zero attached hydrogens (tertiary/aromatic N) is 5. The second-order valence-corrected chi connectivity index (χ2v) is 6.48. The summed E-state index contributed by atoms with van der Waals surface area (Å²) < 4.78 is 44.8. The first-order valence-electron chi connectivity index (χ1n) is 8.55. The average Bonchev–Trinajstić information content (AvgIpc) is 2.67. The van der Waals surface area contributed by atoms with Crippen molar-refractivity contribution in [1.82, 2.24) is 9.97 Å². The molecular formula is C18H22F3N5O. The molecule has 0 N–H and O–H groups in total. The van der Waals surface area contributed by atoms with Gasteiger partial charge >= 0.3 is 6.18 Å². The van der Waals surface area contributed by atoms with E-state index in [0.717, 1.165) is 17.5 Å². The topological polar surface area (TPSA) is 44.7 Å². The van der Waals surface area contributed by atoms with Gasteiger partial charge in [0.05, 0.1) is 7.11 Å². The van der Waals surface area contributed by atoms with Gasteiger partial charge in [0, 0.05) is 58.1 Å². The number of hydrogen-bond donors (Lipinski definition) is 0. The number of benzene rings is 1. The van der Waals surface area contributed by atoms with Gasteiger partial charge in [-0.1, -0.05) is 6.07 Å². The highest BCUT2D eigenvalue weighted by atomic mass is 19.4. The van der Waals surface area contributed by atoms with Crippen LogP contribution in [0.25, 0.3) is 0 Å². The third kappa shape index (κ3) is 4.35. The molecule has 27 heavy (non-hydrogen) atoms. The molecule has 1 fully saturated rings. The van der Waals surface area contributed by atoms with Crippen molar-refractivity contribution in [2.45, 2.75) is 6.18 Å². The molecule has 0 unspecified atom stereocenters. The standard InChI is InChI=1S/C18H22F3N5O/c1-24(2)16-12-15(18(19,20)21)22-17(23-16)26-9-7-25(8-10-26)13-5-4-6-14(11-13)27-3/h4-6,11-12H,7-10H2,1-3H3. The van der Waals surface area contributed by atoms with E-state index >= 15 is 0 Å². The summed E-state index contributed by atoms with van der Waals surface area (Å²) >= 11 is 0. The fourth-order valence-electron chi connectivity index (χ4n) is 2.91. The first-order chi connectivity index (χ1) is 12.8. The van der Waals surface area contributed by atoms with Gasteiger partial charge in [-0.2, -0.15) is 18.2 Å². The van der Waals surface area contributed by atoms with Crippen LogP contribution in [-0.4, -0.2) is 57.4 Å². The van der Waals surface area contributed by atoms with Crippen LogP contribution in [0.4, 0.5) is 30.6 Å². The molecule has 1 aliphatic heterocycles. The highest BCUT2D eigenvalue weighted by Crippen LogP contribution is 2.31. The molecule has 1 aliphatic rings. The number of anilines is 3. The maximum Gasteiger partial charge on any atom is 0.433 e. The smallest absolute Gasteiger partial charge is 0.433 e. The first-order valence-corrected chi connectivity index (χ1v) is 8.55. The third-order valence-corrected chi connectivity index (χ3v) is 4.43. The Morgan fingerprint density at radius 3 is 2.26 bits per heavy atom. The van der Waals surface area contributed by atoms with Gasteiger partial charge in [-0.05, 0) is 12.1 Å². The molecule has 1 aromatic heterocycles. The molecule has 0 atom stereocenters. The molecule has 2 aromatic rings. The summed E-state index contributed by atoms with van der Waals surface area (Å²) in [4.78, 5) is 13.6. The molecule has 0 amide bonds. The van der Waals surface area contributed by atoms with Crippen LogP contribution < -0.4 is 19.4 Å². The molecule has 146 valence electrons. The fraction of sp³-hybridized carbons (Fsp3) is 0.444. The number of rotatable bonds is 4. The van der Waals surface area contributed by atoms with E-state index in [9.17, 15) is 13.2 Å². The van der Waals surface area contributed by atoms with Crippen LogP contribution in [0.1, 0.15) is 5.69 Å².